The summed E-state index contributed by atoms with van der Waals surface area (Å²) in [5.41, 5.74) is 2.10. The van der Waals surface area contributed by atoms with E-state index in [0.717, 1.165) is 48.0 Å². The Bertz CT molecular complexity index is 1180. The number of ether oxygens (including phenoxy) is 2. The van der Waals surface area contributed by atoms with Gasteiger partial charge in [0.25, 0.3) is 0 Å². The maximum atomic E-state index is 13.4. The van der Waals surface area contributed by atoms with Crippen LogP contribution in [0.2, 0.25) is 5.02 Å². The van der Waals surface area contributed by atoms with Crippen LogP contribution in [0.4, 0.5) is 5.69 Å². The summed E-state index contributed by atoms with van der Waals surface area (Å²) in [7, 11) is 0. The van der Waals surface area contributed by atoms with Crippen LogP contribution < -0.4 is 14.4 Å². The van der Waals surface area contributed by atoms with Gasteiger partial charge >= 0.3 is 0 Å². The molecule has 1 saturated carbocycles. The van der Waals surface area contributed by atoms with Crippen molar-refractivity contribution in [1.82, 2.24) is 10.1 Å². The minimum atomic E-state index is -0.559. The predicted octanol–water partition coefficient (Wildman–Crippen LogP) is 4.10. The molecule has 8 heteroatoms. The Morgan fingerprint density at radius 1 is 0.969 bits per heavy atom. The van der Waals surface area contributed by atoms with Gasteiger partial charge in [-0.2, -0.15) is 0 Å². The first kappa shape index (κ1) is 19.5. The molecule has 1 aliphatic carbocycles. The molecule has 164 valence electrons. The van der Waals surface area contributed by atoms with E-state index in [0.29, 0.717) is 30.3 Å². The Morgan fingerprint density at radius 2 is 1.78 bits per heavy atom. The van der Waals surface area contributed by atoms with Gasteiger partial charge in [-0.25, -0.2) is 0 Å². The highest BCUT2D eigenvalue weighted by molar-refractivity contribution is 6.30. The Morgan fingerprint density at radius 3 is 2.56 bits per heavy atom. The first-order valence-corrected chi connectivity index (χ1v) is 11.2. The number of rotatable bonds is 4. The lowest BCUT2D eigenvalue weighted by Gasteiger charge is -2.37. The van der Waals surface area contributed by atoms with Crippen molar-refractivity contribution in [3.05, 3.63) is 59.2 Å². The van der Waals surface area contributed by atoms with E-state index in [1.54, 1.807) is 0 Å². The minimum absolute atomic E-state index is 0.147. The fraction of sp³-hybridized carbons (Fsp3) is 0.333. The Balaban J connectivity index is 1.16. The summed E-state index contributed by atoms with van der Waals surface area (Å²) in [6.45, 7) is 3.15. The lowest BCUT2D eigenvalue weighted by atomic mass is 9.99. The number of benzene rings is 2. The molecule has 2 fully saturated rings. The Labute approximate surface area is 190 Å². The third-order valence-corrected chi connectivity index (χ3v) is 6.79. The normalized spacial score (nSPS) is 18.7. The summed E-state index contributed by atoms with van der Waals surface area (Å²) in [6.07, 6.45) is 1.60. The van der Waals surface area contributed by atoms with Crippen LogP contribution in [0.1, 0.15) is 18.5 Å². The molecule has 1 amide bonds. The fourth-order valence-corrected chi connectivity index (χ4v) is 4.72. The molecule has 1 saturated heterocycles. The van der Waals surface area contributed by atoms with Crippen LogP contribution in [0, 0.1) is 0 Å². The number of anilines is 1. The average Bonchev–Trinajstić information content (AvgIpc) is 3.25. The van der Waals surface area contributed by atoms with E-state index in [9.17, 15) is 4.79 Å². The Kier molecular flexibility index (Phi) is 4.54. The van der Waals surface area contributed by atoms with Gasteiger partial charge in [-0.15, -0.1) is 0 Å². The van der Waals surface area contributed by atoms with Crippen molar-refractivity contribution in [3.63, 3.8) is 0 Å². The summed E-state index contributed by atoms with van der Waals surface area (Å²) in [5, 5.41) is 5.01. The van der Waals surface area contributed by atoms with E-state index < -0.39 is 5.41 Å². The molecule has 7 nitrogen and oxygen atoms in total. The third-order valence-electron chi connectivity index (χ3n) is 6.56. The number of carbonyl (C=O) groups excluding carboxylic acids is 1. The number of hydrogen-bond donors (Lipinski definition) is 0. The number of fused-ring (bicyclic) bond motifs is 1. The van der Waals surface area contributed by atoms with E-state index in [1.165, 1.54) is 0 Å². The van der Waals surface area contributed by atoms with Crippen LogP contribution in [-0.2, 0) is 10.2 Å². The number of nitrogens with zero attached hydrogens (tertiary/aromatic N) is 3. The minimum Gasteiger partial charge on any atom is -0.454 e. The molecule has 3 aromatic rings. The number of piperazine rings is 1. The van der Waals surface area contributed by atoms with Gasteiger partial charge in [0.2, 0.25) is 12.7 Å². The molecule has 32 heavy (non-hydrogen) atoms. The van der Waals surface area contributed by atoms with E-state index in [-0.39, 0.29) is 12.7 Å². The summed E-state index contributed by atoms with van der Waals surface area (Å²) >= 11 is 6.13. The number of aromatic nitrogens is 1. The van der Waals surface area contributed by atoms with Crippen LogP contribution in [-0.4, -0.2) is 48.9 Å². The Hall–Kier alpha value is -3.19. The van der Waals surface area contributed by atoms with Gasteiger partial charge < -0.3 is 23.8 Å². The molecule has 2 aliphatic heterocycles. The van der Waals surface area contributed by atoms with E-state index in [4.69, 9.17) is 25.6 Å². The van der Waals surface area contributed by atoms with Gasteiger partial charge in [0.1, 0.15) is 0 Å². The predicted molar refractivity (Wildman–Crippen MR) is 119 cm³/mol. The second kappa shape index (κ2) is 7.45. The van der Waals surface area contributed by atoms with Gasteiger partial charge in [0, 0.05) is 48.5 Å². The maximum Gasteiger partial charge on any atom is 0.235 e. The zero-order chi connectivity index (χ0) is 21.7. The van der Waals surface area contributed by atoms with Gasteiger partial charge in [-0.05, 0) is 49.2 Å². The average molecular weight is 452 g/mol. The van der Waals surface area contributed by atoms with E-state index >= 15 is 0 Å². The van der Waals surface area contributed by atoms with Crippen LogP contribution in [0.25, 0.3) is 11.3 Å². The van der Waals surface area contributed by atoms with Crippen molar-refractivity contribution in [1.29, 1.82) is 0 Å². The van der Waals surface area contributed by atoms with Crippen molar-refractivity contribution in [2.24, 2.45) is 0 Å². The van der Waals surface area contributed by atoms with Crippen molar-refractivity contribution in [2.75, 3.05) is 37.9 Å². The highest BCUT2D eigenvalue weighted by Crippen LogP contribution is 2.50. The molecule has 0 unspecified atom stereocenters. The van der Waals surface area contributed by atoms with Crippen LogP contribution in [0.3, 0.4) is 0 Å². The standard InChI is InChI=1S/C24H22ClN3O4/c25-17-2-1-3-18(13-17)27-8-10-28(11-9-27)23(29)24(6-7-24)22-14-20(32-26-22)16-4-5-19-21(12-16)31-15-30-19/h1-5,12-14H,6-11,15H2. The molecular weight excluding hydrogens is 430 g/mol. The summed E-state index contributed by atoms with van der Waals surface area (Å²) in [5.74, 6) is 2.19. The molecule has 0 spiro atoms. The van der Waals surface area contributed by atoms with Gasteiger partial charge in [0.05, 0.1) is 11.1 Å². The quantitative estimate of drug-likeness (QED) is 0.594. The summed E-state index contributed by atoms with van der Waals surface area (Å²) < 4.78 is 16.4. The summed E-state index contributed by atoms with van der Waals surface area (Å²) in [4.78, 5) is 17.7. The molecule has 0 bridgehead atoms. The molecular formula is C24H22ClN3O4. The van der Waals surface area contributed by atoms with Crippen LogP contribution in [0.15, 0.2) is 53.1 Å². The van der Waals surface area contributed by atoms with Gasteiger partial charge in [-0.1, -0.05) is 22.8 Å². The molecule has 0 atom stereocenters. The smallest absolute Gasteiger partial charge is 0.235 e. The van der Waals surface area contributed by atoms with Gasteiger partial charge in [-0.3, -0.25) is 4.79 Å². The first-order chi connectivity index (χ1) is 15.6. The third kappa shape index (κ3) is 3.28. The highest BCUT2D eigenvalue weighted by Gasteiger charge is 2.55. The van der Waals surface area contributed by atoms with Crippen molar-refractivity contribution in [2.45, 2.75) is 18.3 Å². The monoisotopic (exact) mass is 451 g/mol. The van der Waals surface area contributed by atoms with E-state index in [2.05, 4.69) is 16.1 Å². The number of hydrogen-bond acceptors (Lipinski definition) is 6. The van der Waals surface area contributed by atoms with Crippen molar-refractivity contribution < 1.29 is 18.8 Å². The zero-order valence-corrected chi connectivity index (χ0v) is 18.2. The summed E-state index contributed by atoms with van der Waals surface area (Å²) in [6, 6.07) is 15.4. The van der Waals surface area contributed by atoms with Crippen LogP contribution in [0.5, 0.6) is 11.5 Å². The number of halogens is 1. The second-order valence-corrected chi connectivity index (χ2v) is 8.92. The van der Waals surface area contributed by atoms with Crippen LogP contribution >= 0.6 is 11.6 Å². The lowest BCUT2D eigenvalue weighted by Crippen LogP contribution is -2.51. The molecule has 1 aromatic heterocycles. The SMILES string of the molecule is O=C(N1CCN(c2cccc(Cl)c2)CC1)C1(c2cc(-c3ccc4c(c3)OCO4)on2)CC1. The molecule has 0 N–H and O–H groups in total. The first-order valence-electron chi connectivity index (χ1n) is 10.8. The van der Waals surface area contributed by atoms with E-state index in [1.807, 2.05) is 47.4 Å². The zero-order valence-electron chi connectivity index (χ0n) is 17.4. The molecule has 0 radical (unpaired) electrons. The van der Waals surface area contributed by atoms with Gasteiger partial charge in [0.15, 0.2) is 17.3 Å². The fourth-order valence-electron chi connectivity index (χ4n) is 4.53. The topological polar surface area (TPSA) is 68.0 Å². The van der Waals surface area contributed by atoms with Crippen molar-refractivity contribution in [3.8, 4) is 22.8 Å². The number of carbonyl (C=O) groups is 1. The molecule has 3 aliphatic rings. The maximum absolute atomic E-state index is 13.4. The molecule has 2 aromatic carbocycles. The second-order valence-electron chi connectivity index (χ2n) is 8.49. The number of amides is 1. The molecule has 3 heterocycles. The largest absolute Gasteiger partial charge is 0.454 e. The van der Waals surface area contributed by atoms with Crippen molar-refractivity contribution >= 4 is 23.2 Å². The lowest BCUT2D eigenvalue weighted by molar-refractivity contribution is -0.134. The highest BCUT2D eigenvalue weighted by atomic mass is 35.5. The molecule has 6 rings (SSSR count).